The maximum Gasteiger partial charge on any atom is 0.416 e. The number of hydrogen-bond donors (Lipinski definition) is 0. The fourth-order valence-electron chi connectivity index (χ4n) is 2.79. The fourth-order valence-corrected chi connectivity index (χ4v) is 3.36. The van der Waals surface area contributed by atoms with Crippen molar-refractivity contribution in [3.8, 4) is 11.5 Å². The minimum absolute atomic E-state index is 0.196. The largest absolute Gasteiger partial charge is 0.465 e. The molecule has 0 spiro atoms. The fraction of sp³-hybridized carbons (Fsp3) is 0.286. The molecule has 0 fully saturated rings. The average molecular weight is 538 g/mol. The number of alkyl halides is 3. The highest BCUT2D eigenvalue weighted by molar-refractivity contribution is 6.37. The lowest BCUT2D eigenvalue weighted by Crippen LogP contribution is -2.35. The summed E-state index contributed by atoms with van der Waals surface area (Å²) in [6.07, 6.45) is -4.74. The lowest BCUT2D eigenvalue weighted by Gasteiger charge is -2.15. The van der Waals surface area contributed by atoms with E-state index in [1.807, 2.05) is 0 Å². The van der Waals surface area contributed by atoms with Crippen LogP contribution in [0.4, 0.5) is 18.9 Å². The molecule has 0 N–H and O–H groups in total. The Balaban J connectivity index is 2.56. The number of esters is 2. The van der Waals surface area contributed by atoms with Gasteiger partial charge in [0.1, 0.15) is 11.3 Å². The van der Waals surface area contributed by atoms with E-state index in [2.05, 4.69) is 0 Å². The number of carbonyl (C=O) groups is 3. The van der Waals surface area contributed by atoms with Crippen molar-refractivity contribution in [3.63, 3.8) is 0 Å². The van der Waals surface area contributed by atoms with E-state index in [1.165, 1.54) is 13.8 Å². The van der Waals surface area contributed by atoms with Crippen LogP contribution in [0.3, 0.4) is 0 Å². The number of nitro benzene ring substituents is 1. The summed E-state index contributed by atoms with van der Waals surface area (Å²) in [6.45, 7) is 2.44. The van der Waals surface area contributed by atoms with Gasteiger partial charge < -0.3 is 14.2 Å². The van der Waals surface area contributed by atoms with Gasteiger partial charge >= 0.3 is 18.1 Å². The molecular weight excluding hydrogens is 522 g/mol. The van der Waals surface area contributed by atoms with Crippen molar-refractivity contribution >= 4 is 46.6 Å². The van der Waals surface area contributed by atoms with Crippen LogP contribution in [-0.4, -0.2) is 35.9 Å². The van der Waals surface area contributed by atoms with Crippen molar-refractivity contribution < 1.29 is 46.7 Å². The van der Waals surface area contributed by atoms with E-state index in [9.17, 15) is 37.7 Å². The Labute approximate surface area is 205 Å². The molecule has 0 aliphatic heterocycles. The normalized spacial score (nSPS) is 11.2. The number of hydrogen-bond acceptors (Lipinski definition) is 8. The van der Waals surface area contributed by atoms with Gasteiger partial charge in [0, 0.05) is 6.07 Å². The molecule has 0 aliphatic rings. The first-order valence-corrected chi connectivity index (χ1v) is 10.5. The molecule has 0 bridgehead atoms. The molecule has 0 saturated heterocycles. The third-order valence-corrected chi connectivity index (χ3v) is 4.84. The zero-order valence-corrected chi connectivity index (χ0v) is 19.5. The summed E-state index contributed by atoms with van der Waals surface area (Å²) < 4.78 is 53.7. The van der Waals surface area contributed by atoms with Crippen LogP contribution in [0.1, 0.15) is 29.8 Å². The molecule has 0 heterocycles. The smallest absolute Gasteiger partial charge is 0.416 e. The van der Waals surface area contributed by atoms with E-state index < -0.39 is 67.3 Å². The number of nitrogens with zero attached hydrogens (tertiary/aromatic N) is 1. The van der Waals surface area contributed by atoms with Crippen molar-refractivity contribution in [1.82, 2.24) is 0 Å². The number of benzene rings is 2. The summed E-state index contributed by atoms with van der Waals surface area (Å²) in [5.74, 6) is -6.79. The van der Waals surface area contributed by atoms with Gasteiger partial charge in [-0.15, -0.1) is 0 Å². The highest BCUT2D eigenvalue weighted by Gasteiger charge is 2.40. The Morgan fingerprint density at radius 2 is 1.51 bits per heavy atom. The first-order valence-electron chi connectivity index (χ1n) is 9.71. The number of carbonyl (C=O) groups excluding carboxylic acids is 3. The lowest BCUT2D eigenvalue weighted by atomic mass is 9.96. The van der Waals surface area contributed by atoms with Crippen LogP contribution < -0.4 is 4.74 Å². The Morgan fingerprint density at radius 1 is 1.00 bits per heavy atom. The Hall–Kier alpha value is -3.38. The minimum atomic E-state index is -4.74. The molecule has 0 unspecified atom stereocenters. The molecule has 0 saturated carbocycles. The number of rotatable bonds is 9. The summed E-state index contributed by atoms with van der Waals surface area (Å²) >= 11 is 11.7. The van der Waals surface area contributed by atoms with E-state index in [0.29, 0.717) is 12.1 Å². The zero-order valence-electron chi connectivity index (χ0n) is 18.0. The van der Waals surface area contributed by atoms with Gasteiger partial charge in [0.25, 0.3) is 5.69 Å². The molecule has 2 rings (SSSR count). The highest BCUT2D eigenvalue weighted by atomic mass is 35.5. The molecule has 0 atom stereocenters. The first kappa shape index (κ1) is 27.9. The molecule has 35 heavy (non-hydrogen) atoms. The van der Waals surface area contributed by atoms with E-state index in [-0.39, 0.29) is 19.0 Å². The third-order valence-electron chi connectivity index (χ3n) is 4.28. The molecular formula is C21H16Cl2F3NO8. The Bertz CT molecular complexity index is 1130. The van der Waals surface area contributed by atoms with Crippen molar-refractivity contribution in [2.24, 2.45) is 5.92 Å². The van der Waals surface area contributed by atoms with Crippen molar-refractivity contribution in [3.05, 3.63) is 61.6 Å². The average Bonchev–Trinajstić information content (AvgIpc) is 2.75. The van der Waals surface area contributed by atoms with Crippen molar-refractivity contribution in [1.29, 1.82) is 0 Å². The van der Waals surface area contributed by atoms with E-state index in [4.69, 9.17) is 37.4 Å². The van der Waals surface area contributed by atoms with Crippen molar-refractivity contribution in [2.75, 3.05) is 13.2 Å². The summed E-state index contributed by atoms with van der Waals surface area (Å²) in [5.41, 5.74) is -2.66. The topological polar surface area (TPSA) is 122 Å². The molecule has 2 aromatic rings. The second-order valence-corrected chi connectivity index (χ2v) is 7.42. The molecule has 188 valence electrons. The van der Waals surface area contributed by atoms with Gasteiger partial charge in [0.2, 0.25) is 5.92 Å². The van der Waals surface area contributed by atoms with E-state index in [1.54, 1.807) is 0 Å². The summed E-state index contributed by atoms with van der Waals surface area (Å²) in [5, 5.41) is 10.4. The van der Waals surface area contributed by atoms with Crippen molar-refractivity contribution in [2.45, 2.75) is 20.0 Å². The van der Waals surface area contributed by atoms with E-state index >= 15 is 0 Å². The summed E-state index contributed by atoms with van der Waals surface area (Å²) in [4.78, 5) is 48.1. The maximum absolute atomic E-state index is 13.1. The molecule has 9 nitrogen and oxygen atoms in total. The number of Topliss-reactive ketones (excluding diaryl/α,β-unsaturated/α-hetero) is 1. The maximum atomic E-state index is 13.1. The predicted molar refractivity (Wildman–Crippen MR) is 116 cm³/mol. The summed E-state index contributed by atoms with van der Waals surface area (Å²) in [6, 6.07) is 3.77. The number of halogens is 5. The van der Waals surface area contributed by atoms with Crippen LogP contribution >= 0.6 is 23.2 Å². The van der Waals surface area contributed by atoms with E-state index in [0.717, 1.165) is 18.2 Å². The highest BCUT2D eigenvalue weighted by Crippen LogP contribution is 2.42. The minimum Gasteiger partial charge on any atom is -0.465 e. The molecule has 0 radical (unpaired) electrons. The molecule has 2 aromatic carbocycles. The Morgan fingerprint density at radius 3 is 1.94 bits per heavy atom. The molecule has 0 amide bonds. The van der Waals surface area contributed by atoms with Crippen LogP contribution in [0.2, 0.25) is 10.0 Å². The molecule has 14 heteroatoms. The van der Waals surface area contributed by atoms with Gasteiger partial charge in [-0.05, 0) is 38.1 Å². The number of nitro groups is 1. The lowest BCUT2D eigenvalue weighted by molar-refractivity contribution is -0.385. The quantitative estimate of drug-likeness (QED) is 0.132. The Kier molecular flexibility index (Phi) is 9.05. The van der Waals surface area contributed by atoms with Gasteiger partial charge in [-0.25, -0.2) is 0 Å². The van der Waals surface area contributed by atoms with Gasteiger partial charge in [-0.3, -0.25) is 24.5 Å². The monoisotopic (exact) mass is 537 g/mol. The molecule has 0 aromatic heterocycles. The van der Waals surface area contributed by atoms with Crippen LogP contribution in [0.25, 0.3) is 0 Å². The second kappa shape index (κ2) is 11.4. The third kappa shape index (κ3) is 6.61. The number of ether oxygens (including phenoxy) is 3. The van der Waals surface area contributed by atoms with Crippen LogP contribution in [0, 0.1) is 16.0 Å². The van der Waals surface area contributed by atoms with Gasteiger partial charge in [0.05, 0.1) is 33.7 Å². The van der Waals surface area contributed by atoms with Crippen LogP contribution in [0.5, 0.6) is 11.5 Å². The van der Waals surface area contributed by atoms with Gasteiger partial charge in [-0.2, -0.15) is 13.2 Å². The number of ketones is 1. The van der Waals surface area contributed by atoms with Crippen LogP contribution in [0.15, 0.2) is 30.3 Å². The van der Waals surface area contributed by atoms with Gasteiger partial charge in [0.15, 0.2) is 11.5 Å². The summed E-state index contributed by atoms with van der Waals surface area (Å²) in [7, 11) is 0. The predicted octanol–water partition coefficient (Wildman–Crippen LogP) is 5.64. The van der Waals surface area contributed by atoms with Gasteiger partial charge in [-0.1, -0.05) is 23.2 Å². The first-order chi connectivity index (χ1) is 16.3. The second-order valence-electron chi connectivity index (χ2n) is 6.61. The SMILES string of the molecule is CCOC(=O)C(C(=O)OCC)C(=O)c1cc(Oc2c(Cl)cc(C(F)(F)F)cc2Cl)ccc1[N+](=O)[O-]. The standard InChI is InChI=1S/C21H16Cl2F3NO8/c1-3-33-19(29)16(20(30)34-4-2)17(28)12-9-11(5-6-15(12)27(31)32)35-18-13(22)7-10(8-14(18)23)21(24,25)26/h5-9,16H,3-4H2,1-2H3. The van der Waals surface area contributed by atoms with Crippen LogP contribution in [-0.2, 0) is 25.2 Å². The molecule has 0 aliphatic carbocycles. The zero-order chi connectivity index (χ0) is 26.5.